The van der Waals surface area contributed by atoms with E-state index in [1.807, 2.05) is 6.07 Å². The van der Waals surface area contributed by atoms with Crippen LogP contribution in [0.1, 0.15) is 57.6 Å². The predicted octanol–water partition coefficient (Wildman–Crippen LogP) is 4.08. The van der Waals surface area contributed by atoms with E-state index in [0.717, 1.165) is 23.3 Å². The van der Waals surface area contributed by atoms with Gasteiger partial charge in [0.1, 0.15) is 41.9 Å². The molecule has 2 aliphatic rings. The lowest BCUT2D eigenvalue weighted by atomic mass is 9.76. The first-order chi connectivity index (χ1) is 20.3. The van der Waals surface area contributed by atoms with Gasteiger partial charge < -0.3 is 30.2 Å². The number of benzene rings is 1. The van der Waals surface area contributed by atoms with E-state index in [0.29, 0.717) is 30.3 Å². The van der Waals surface area contributed by atoms with Crippen molar-refractivity contribution in [2.45, 2.75) is 88.6 Å². The molecule has 0 amide bonds. The summed E-state index contributed by atoms with van der Waals surface area (Å²) in [5.41, 5.74) is 9.43. The number of hydrogen-bond acceptors (Lipinski definition) is 8. The molecule has 3 aromatic heterocycles. The molecule has 0 bridgehead atoms. The maximum atomic E-state index is 13.6. The van der Waals surface area contributed by atoms with Gasteiger partial charge in [-0.2, -0.15) is 13.2 Å². The predicted molar refractivity (Wildman–Crippen MR) is 155 cm³/mol. The Morgan fingerprint density at radius 1 is 1.12 bits per heavy atom. The van der Waals surface area contributed by atoms with Crippen LogP contribution in [0.4, 0.5) is 19.0 Å². The molecule has 13 heteroatoms. The zero-order chi connectivity index (χ0) is 30.7. The minimum Gasteiger partial charge on any atom is -0.387 e. The number of anilines is 1. The van der Waals surface area contributed by atoms with E-state index in [1.54, 1.807) is 12.3 Å². The third-order valence-electron chi connectivity index (χ3n) is 8.86. The van der Waals surface area contributed by atoms with E-state index < -0.39 is 37.3 Å². The first-order valence-corrected chi connectivity index (χ1v) is 14.7. The molecule has 5 N–H and O–H groups in total. The second kappa shape index (κ2) is 11.0. The lowest BCUT2D eigenvalue weighted by molar-refractivity contribution is -0.163. The highest BCUT2D eigenvalue weighted by Crippen LogP contribution is 2.39. The van der Waals surface area contributed by atoms with Crippen LogP contribution in [0, 0.1) is 5.92 Å². The van der Waals surface area contributed by atoms with E-state index in [4.69, 9.17) is 15.5 Å². The fourth-order valence-electron chi connectivity index (χ4n) is 6.33. The Labute approximate surface area is 247 Å². The Bertz CT molecular complexity index is 1590. The number of alkyl halides is 3. The largest absolute Gasteiger partial charge is 0.401 e. The van der Waals surface area contributed by atoms with E-state index in [2.05, 4.69) is 47.9 Å². The Kier molecular flexibility index (Phi) is 7.64. The Hall–Kier alpha value is -3.26. The molecular weight excluding hydrogens is 563 g/mol. The maximum Gasteiger partial charge on any atom is 0.401 e. The van der Waals surface area contributed by atoms with Gasteiger partial charge in [0.05, 0.1) is 23.0 Å². The molecule has 0 spiro atoms. The number of aromatic amines is 1. The summed E-state index contributed by atoms with van der Waals surface area (Å²) in [5, 5.41) is 22.1. The Morgan fingerprint density at radius 3 is 2.60 bits per heavy atom. The summed E-state index contributed by atoms with van der Waals surface area (Å²) in [6.45, 7) is 5.20. The third kappa shape index (κ3) is 6.08. The number of aliphatic hydroxyl groups excluding tert-OH is 2. The summed E-state index contributed by atoms with van der Waals surface area (Å²) in [7, 11) is 0. The number of aromatic nitrogens is 5. The summed E-state index contributed by atoms with van der Waals surface area (Å²) in [6, 6.07) is 7.62. The highest BCUT2D eigenvalue weighted by atomic mass is 19.4. The van der Waals surface area contributed by atoms with Gasteiger partial charge in [-0.15, -0.1) is 0 Å². The molecule has 4 aromatic rings. The number of nitrogen functional groups attached to an aromatic ring is 1. The standard InChI is InChI=1S/C30H38F3N7O3/c1-29(2,3)17-5-6-20-21(12-17)38-23(37-20)7-4-16-10-18(11-16)39(14-30(31,32)33)13-22-24(41)25(42)28(43-22)40-9-8-19-26(34)35-15-36-27(19)40/h5-6,8-9,12,15-16,18,22,24-25,28,41-42H,4,7,10-11,13-14H2,1-3H3,(H,37,38)(H2,34,35,36)/t16?,18?,22-,24-,25-,28-/m1/s1. The molecule has 0 unspecified atom stereocenters. The van der Waals surface area contributed by atoms with Crippen molar-refractivity contribution < 1.29 is 28.1 Å². The van der Waals surface area contributed by atoms with Crippen LogP contribution in [0.25, 0.3) is 22.1 Å². The van der Waals surface area contributed by atoms with Crippen LogP contribution in [0.15, 0.2) is 36.8 Å². The van der Waals surface area contributed by atoms with Crippen LogP contribution in [0.5, 0.6) is 0 Å². The summed E-state index contributed by atoms with van der Waals surface area (Å²) in [5.74, 6) is 1.39. The quantitative estimate of drug-likeness (QED) is 0.237. The summed E-state index contributed by atoms with van der Waals surface area (Å²) in [4.78, 5) is 17.6. The number of rotatable bonds is 8. The molecule has 43 heavy (non-hydrogen) atoms. The van der Waals surface area contributed by atoms with Crippen LogP contribution < -0.4 is 5.73 Å². The molecule has 1 saturated carbocycles. The molecular formula is C30H38F3N7O3. The fraction of sp³-hybridized carbons (Fsp3) is 0.567. The molecule has 2 fully saturated rings. The fourth-order valence-corrected chi connectivity index (χ4v) is 6.33. The zero-order valence-corrected chi connectivity index (χ0v) is 24.4. The van der Waals surface area contributed by atoms with Crippen LogP contribution in [0.3, 0.4) is 0 Å². The van der Waals surface area contributed by atoms with E-state index in [-0.39, 0.29) is 29.7 Å². The van der Waals surface area contributed by atoms with E-state index in [9.17, 15) is 23.4 Å². The van der Waals surface area contributed by atoms with Crippen molar-refractivity contribution in [3.63, 3.8) is 0 Å². The summed E-state index contributed by atoms with van der Waals surface area (Å²) >= 11 is 0. The molecule has 1 saturated heterocycles. The number of aryl methyl sites for hydroxylation is 1. The Morgan fingerprint density at radius 2 is 1.88 bits per heavy atom. The number of fused-ring (bicyclic) bond motifs is 2. The minimum atomic E-state index is -4.42. The number of hydrogen-bond donors (Lipinski definition) is 4. The smallest absolute Gasteiger partial charge is 0.387 e. The number of halogens is 3. The van der Waals surface area contributed by atoms with E-state index in [1.165, 1.54) is 21.4 Å². The molecule has 232 valence electrons. The first kappa shape index (κ1) is 29.8. The SMILES string of the molecule is CC(C)(C)c1ccc2[nH]c(CCC3CC(N(C[C@H]4O[C@@H](n5ccc6c(N)ncnc65)[C@H](O)[C@@H]4O)CC(F)(F)F)C3)nc2c1. The van der Waals surface area contributed by atoms with Gasteiger partial charge in [-0.05, 0) is 54.4 Å². The van der Waals surface area contributed by atoms with Crippen LogP contribution in [0.2, 0.25) is 0 Å². The summed E-state index contributed by atoms with van der Waals surface area (Å²) < 4.78 is 48.4. The minimum absolute atomic E-state index is 0.0231. The number of H-pyrrole nitrogens is 1. The van der Waals surface area contributed by atoms with E-state index >= 15 is 0 Å². The van der Waals surface area contributed by atoms with Gasteiger partial charge in [0.2, 0.25) is 0 Å². The van der Waals surface area contributed by atoms with Crippen molar-refractivity contribution in [3.05, 3.63) is 48.2 Å². The van der Waals surface area contributed by atoms with Gasteiger partial charge in [-0.25, -0.2) is 15.0 Å². The highest BCUT2D eigenvalue weighted by molar-refractivity contribution is 5.86. The van der Waals surface area contributed by atoms with Crippen molar-refractivity contribution in [2.24, 2.45) is 5.92 Å². The van der Waals surface area contributed by atoms with Gasteiger partial charge in [0.25, 0.3) is 0 Å². The number of aliphatic hydroxyl groups is 2. The van der Waals surface area contributed by atoms with Gasteiger partial charge in [-0.1, -0.05) is 26.8 Å². The van der Waals surface area contributed by atoms with Gasteiger partial charge in [0, 0.05) is 25.2 Å². The molecule has 10 nitrogen and oxygen atoms in total. The number of imidazole rings is 1. The topological polar surface area (TPSA) is 138 Å². The average molecular weight is 602 g/mol. The second-order valence-corrected chi connectivity index (χ2v) is 13.0. The van der Waals surface area contributed by atoms with Crippen LogP contribution in [-0.4, -0.2) is 83.2 Å². The lowest BCUT2D eigenvalue weighted by Crippen LogP contribution is -2.52. The van der Waals surface area contributed by atoms with Crippen LogP contribution >= 0.6 is 0 Å². The van der Waals surface area contributed by atoms with Gasteiger partial charge >= 0.3 is 6.18 Å². The second-order valence-electron chi connectivity index (χ2n) is 13.0. The zero-order valence-electron chi connectivity index (χ0n) is 24.4. The molecule has 4 heterocycles. The molecule has 6 rings (SSSR count). The highest BCUT2D eigenvalue weighted by Gasteiger charge is 2.47. The molecule has 4 atom stereocenters. The van der Waals surface area contributed by atoms with Gasteiger partial charge in [0.15, 0.2) is 6.23 Å². The summed E-state index contributed by atoms with van der Waals surface area (Å²) in [6.07, 6.45) is -3.57. The number of nitrogens with one attached hydrogen (secondary N) is 1. The molecule has 1 aromatic carbocycles. The van der Waals surface area contributed by atoms with Crippen molar-refractivity contribution in [1.29, 1.82) is 0 Å². The monoisotopic (exact) mass is 601 g/mol. The normalized spacial score (nSPS) is 26.5. The average Bonchev–Trinajstić information content (AvgIpc) is 3.58. The number of nitrogens with zero attached hydrogens (tertiary/aromatic N) is 5. The molecule has 1 aliphatic heterocycles. The molecule has 0 radical (unpaired) electrons. The number of ether oxygens (including phenoxy) is 1. The van der Waals surface area contributed by atoms with Crippen LogP contribution in [-0.2, 0) is 16.6 Å². The maximum absolute atomic E-state index is 13.6. The van der Waals surface area contributed by atoms with Crippen molar-refractivity contribution in [2.75, 3.05) is 18.8 Å². The van der Waals surface area contributed by atoms with Crippen molar-refractivity contribution in [1.82, 2.24) is 29.4 Å². The Balaban J connectivity index is 1.08. The first-order valence-electron chi connectivity index (χ1n) is 14.7. The van der Waals surface area contributed by atoms with Crippen molar-refractivity contribution in [3.8, 4) is 0 Å². The van der Waals surface area contributed by atoms with Crippen molar-refractivity contribution >= 4 is 27.9 Å². The lowest BCUT2D eigenvalue weighted by Gasteiger charge is -2.44. The third-order valence-corrected chi connectivity index (χ3v) is 8.86. The molecule has 1 aliphatic carbocycles. The number of nitrogens with two attached hydrogens (primary N) is 1. The van der Waals surface area contributed by atoms with Gasteiger partial charge in [-0.3, -0.25) is 4.90 Å².